The topological polar surface area (TPSA) is 104 Å². The fraction of sp³-hybridized carbons (Fsp3) is 0.240. The van der Waals surface area contributed by atoms with Crippen molar-refractivity contribution in [3.8, 4) is 5.69 Å². The van der Waals surface area contributed by atoms with E-state index in [1.54, 1.807) is 12.1 Å². The molecule has 0 saturated carbocycles. The minimum Gasteiger partial charge on any atom is -0.478 e. The number of ketones is 1. The van der Waals surface area contributed by atoms with Gasteiger partial charge in [-0.2, -0.15) is 0 Å². The molecule has 3 aromatic rings. The van der Waals surface area contributed by atoms with Crippen LogP contribution in [0.2, 0.25) is 0 Å². The van der Waals surface area contributed by atoms with E-state index in [4.69, 9.17) is 0 Å². The Morgan fingerprint density at radius 1 is 1.03 bits per heavy atom. The molecule has 5 rings (SSSR count). The van der Waals surface area contributed by atoms with E-state index in [9.17, 15) is 19.5 Å². The first-order chi connectivity index (χ1) is 15.2. The van der Waals surface area contributed by atoms with E-state index in [-0.39, 0.29) is 22.3 Å². The second-order valence-electron chi connectivity index (χ2n) is 9.19. The van der Waals surface area contributed by atoms with Gasteiger partial charge in [0, 0.05) is 23.6 Å². The molecule has 1 aromatic heterocycles. The zero-order valence-corrected chi connectivity index (χ0v) is 17.8. The first kappa shape index (κ1) is 20.1. The fourth-order valence-electron chi connectivity index (χ4n) is 4.80. The van der Waals surface area contributed by atoms with Crippen LogP contribution >= 0.6 is 0 Å². The number of anilines is 1. The number of hydrogen-bond acceptors (Lipinski definition) is 4. The number of carboxylic acid groups (broad SMARTS) is 1. The molecule has 0 unspecified atom stereocenters. The van der Waals surface area contributed by atoms with Crippen LogP contribution in [0.4, 0.5) is 5.82 Å². The Labute approximate surface area is 184 Å². The van der Waals surface area contributed by atoms with Crippen LogP contribution < -0.4 is 10.9 Å². The molecular formula is C25H23N3O4. The summed E-state index contributed by atoms with van der Waals surface area (Å²) in [5, 5.41) is 15.8. The summed E-state index contributed by atoms with van der Waals surface area (Å²) in [6, 6.07) is 15.7. The van der Waals surface area contributed by atoms with Crippen molar-refractivity contribution >= 4 is 17.6 Å². The van der Waals surface area contributed by atoms with Crippen LogP contribution in [0.3, 0.4) is 0 Å². The maximum absolute atomic E-state index is 13.5. The average Bonchev–Trinajstić information content (AvgIpc) is 3.08. The SMILES string of the molecule is CC1(C)CC(=O)C2=C(C1)Nc1[nH]n(-c3ccccc3)c(=O)c1[C@@H]2c1ccc(C(=O)O)cc1. The van der Waals surface area contributed by atoms with Crippen molar-refractivity contribution in [3.05, 3.63) is 92.9 Å². The number of carbonyl (C=O) groups is 2. The van der Waals surface area contributed by atoms with Gasteiger partial charge in [0.25, 0.3) is 5.56 Å². The van der Waals surface area contributed by atoms with E-state index >= 15 is 0 Å². The summed E-state index contributed by atoms with van der Waals surface area (Å²) in [5.41, 5.74) is 3.00. The number of H-pyrrole nitrogens is 1. The third kappa shape index (κ3) is 3.17. The summed E-state index contributed by atoms with van der Waals surface area (Å²) in [5.74, 6) is -1.02. The molecule has 2 aromatic carbocycles. The van der Waals surface area contributed by atoms with Crippen molar-refractivity contribution in [2.45, 2.75) is 32.6 Å². The molecule has 32 heavy (non-hydrogen) atoms. The third-order valence-electron chi connectivity index (χ3n) is 6.21. The minimum absolute atomic E-state index is 0.00794. The third-order valence-corrected chi connectivity index (χ3v) is 6.21. The van der Waals surface area contributed by atoms with E-state index < -0.39 is 11.9 Å². The Balaban J connectivity index is 1.73. The number of Topliss-reactive ketones (excluding diaryl/α,β-unsaturated/α-hetero) is 1. The van der Waals surface area contributed by atoms with Gasteiger partial charge in [-0.1, -0.05) is 44.2 Å². The van der Waals surface area contributed by atoms with Crippen LogP contribution in [0.1, 0.15) is 54.1 Å². The standard InChI is InChI=1S/C25H23N3O4/c1-25(2)12-17-20(18(29)13-25)19(14-8-10-15(11-9-14)24(31)32)21-22(26-17)27-28(23(21)30)16-6-4-3-5-7-16/h3-11,19,26-27H,12-13H2,1-2H3,(H,31,32)/t19-/m1/s1. The molecule has 2 aliphatic rings. The zero-order valence-electron chi connectivity index (χ0n) is 17.8. The lowest BCUT2D eigenvalue weighted by Gasteiger charge is -2.37. The minimum atomic E-state index is -1.02. The smallest absolute Gasteiger partial charge is 0.335 e. The van der Waals surface area contributed by atoms with Crippen LogP contribution in [0.25, 0.3) is 5.69 Å². The first-order valence-electron chi connectivity index (χ1n) is 10.5. The van der Waals surface area contributed by atoms with Crippen molar-refractivity contribution in [1.29, 1.82) is 0 Å². The maximum Gasteiger partial charge on any atom is 0.335 e. The summed E-state index contributed by atoms with van der Waals surface area (Å²) >= 11 is 0. The van der Waals surface area contributed by atoms with Gasteiger partial charge < -0.3 is 10.4 Å². The van der Waals surface area contributed by atoms with Gasteiger partial charge in [-0.05, 0) is 41.7 Å². The predicted molar refractivity (Wildman–Crippen MR) is 120 cm³/mol. The molecule has 7 heteroatoms. The van der Waals surface area contributed by atoms with Crippen LogP contribution in [0.5, 0.6) is 0 Å². The molecule has 0 bridgehead atoms. The number of allylic oxidation sites excluding steroid dienone is 2. The molecular weight excluding hydrogens is 406 g/mol. The Hall–Kier alpha value is -3.87. The lowest BCUT2D eigenvalue weighted by atomic mass is 9.69. The van der Waals surface area contributed by atoms with Crippen LogP contribution in [0.15, 0.2) is 70.7 Å². The molecule has 0 fully saturated rings. The quantitative estimate of drug-likeness (QED) is 0.582. The summed E-state index contributed by atoms with van der Waals surface area (Å²) in [6.45, 7) is 4.11. The molecule has 0 saturated heterocycles. The number of para-hydroxylation sites is 1. The first-order valence-corrected chi connectivity index (χ1v) is 10.5. The van der Waals surface area contributed by atoms with Gasteiger partial charge in [0.15, 0.2) is 5.78 Å². The molecule has 1 atom stereocenters. The van der Waals surface area contributed by atoms with Gasteiger partial charge in [0.05, 0.1) is 16.8 Å². The second kappa shape index (κ2) is 7.09. The van der Waals surface area contributed by atoms with Crippen LogP contribution in [0, 0.1) is 5.41 Å². The average molecular weight is 429 g/mol. The highest BCUT2D eigenvalue weighted by molar-refractivity contribution is 6.01. The van der Waals surface area contributed by atoms with Crippen LogP contribution in [-0.2, 0) is 4.79 Å². The Morgan fingerprint density at radius 2 is 1.72 bits per heavy atom. The van der Waals surface area contributed by atoms with Crippen molar-refractivity contribution in [2.24, 2.45) is 5.41 Å². The number of aromatic carboxylic acids is 1. The number of fused-ring (bicyclic) bond motifs is 1. The molecule has 2 heterocycles. The van der Waals surface area contributed by atoms with E-state index in [1.165, 1.54) is 16.8 Å². The van der Waals surface area contributed by atoms with Crippen molar-refractivity contribution in [1.82, 2.24) is 9.78 Å². The summed E-state index contributed by atoms with van der Waals surface area (Å²) in [4.78, 5) is 38.2. The molecule has 3 N–H and O–H groups in total. The lowest BCUT2D eigenvalue weighted by molar-refractivity contribution is -0.118. The fourth-order valence-corrected chi connectivity index (χ4v) is 4.80. The lowest BCUT2D eigenvalue weighted by Crippen LogP contribution is -2.35. The number of rotatable bonds is 3. The number of benzene rings is 2. The number of aromatic amines is 1. The predicted octanol–water partition coefficient (Wildman–Crippen LogP) is 4.06. The van der Waals surface area contributed by atoms with Gasteiger partial charge in [-0.25, -0.2) is 9.48 Å². The van der Waals surface area contributed by atoms with Gasteiger partial charge in [-0.15, -0.1) is 0 Å². The monoisotopic (exact) mass is 429 g/mol. The van der Waals surface area contributed by atoms with E-state index in [0.717, 1.165) is 11.3 Å². The Kier molecular flexibility index (Phi) is 4.44. The summed E-state index contributed by atoms with van der Waals surface area (Å²) in [6.07, 6.45) is 1.07. The largest absolute Gasteiger partial charge is 0.478 e. The van der Waals surface area contributed by atoms with Gasteiger partial charge in [-0.3, -0.25) is 14.7 Å². The zero-order chi connectivity index (χ0) is 22.6. The number of nitrogens with one attached hydrogen (secondary N) is 2. The molecule has 1 aliphatic heterocycles. The Bertz CT molecular complexity index is 1330. The van der Waals surface area contributed by atoms with E-state index in [2.05, 4.69) is 24.3 Å². The van der Waals surface area contributed by atoms with Gasteiger partial charge in [0.1, 0.15) is 5.82 Å². The van der Waals surface area contributed by atoms with Crippen molar-refractivity contribution < 1.29 is 14.7 Å². The van der Waals surface area contributed by atoms with E-state index in [0.29, 0.717) is 35.5 Å². The maximum atomic E-state index is 13.5. The summed E-state index contributed by atoms with van der Waals surface area (Å²) in [7, 11) is 0. The number of hydrogen-bond donors (Lipinski definition) is 3. The number of carbonyl (C=O) groups excluding carboxylic acids is 1. The molecule has 0 spiro atoms. The molecule has 7 nitrogen and oxygen atoms in total. The number of aromatic nitrogens is 2. The van der Waals surface area contributed by atoms with Crippen molar-refractivity contribution in [3.63, 3.8) is 0 Å². The van der Waals surface area contributed by atoms with Crippen LogP contribution in [-0.4, -0.2) is 26.6 Å². The molecule has 0 radical (unpaired) electrons. The van der Waals surface area contributed by atoms with Gasteiger partial charge >= 0.3 is 5.97 Å². The summed E-state index contributed by atoms with van der Waals surface area (Å²) < 4.78 is 1.48. The molecule has 1 aliphatic carbocycles. The molecule has 0 amide bonds. The van der Waals surface area contributed by atoms with Crippen molar-refractivity contribution in [2.75, 3.05) is 5.32 Å². The highest BCUT2D eigenvalue weighted by atomic mass is 16.4. The second-order valence-corrected chi connectivity index (χ2v) is 9.19. The van der Waals surface area contributed by atoms with E-state index in [1.807, 2.05) is 30.3 Å². The Morgan fingerprint density at radius 3 is 2.38 bits per heavy atom. The molecule has 162 valence electrons. The highest BCUT2D eigenvalue weighted by Crippen LogP contribution is 2.47. The van der Waals surface area contributed by atoms with Gasteiger partial charge in [0.2, 0.25) is 0 Å². The normalized spacial score (nSPS) is 19.2. The number of nitrogens with zero attached hydrogens (tertiary/aromatic N) is 1. The highest BCUT2D eigenvalue weighted by Gasteiger charge is 2.42. The number of carboxylic acids is 1.